The van der Waals surface area contributed by atoms with Crippen molar-refractivity contribution in [2.75, 3.05) is 11.9 Å². The van der Waals surface area contributed by atoms with Crippen LogP contribution in [-0.4, -0.2) is 41.5 Å². The predicted octanol–water partition coefficient (Wildman–Crippen LogP) is 6.07. The molecule has 3 N–H and O–H groups in total. The molecule has 0 spiro atoms. The minimum absolute atomic E-state index is 0.122. The summed E-state index contributed by atoms with van der Waals surface area (Å²) in [5.41, 5.74) is 2.53. The molecular formula is C35H33F3N4O5. The summed E-state index contributed by atoms with van der Waals surface area (Å²) in [6, 6.07) is 27.5. The molecule has 4 rings (SSSR count). The van der Waals surface area contributed by atoms with Crippen LogP contribution < -0.4 is 16.0 Å². The molecule has 0 radical (unpaired) electrons. The van der Waals surface area contributed by atoms with Crippen LogP contribution in [0, 0.1) is 0 Å². The van der Waals surface area contributed by atoms with Crippen LogP contribution in [0.5, 0.6) is 0 Å². The Kier molecular flexibility index (Phi) is 12.2. The number of pyridine rings is 1. The van der Waals surface area contributed by atoms with Gasteiger partial charge in [0, 0.05) is 19.2 Å². The molecule has 0 aliphatic rings. The number of hydrogen-bond donors (Lipinski definition) is 3. The third-order valence-corrected chi connectivity index (χ3v) is 7.05. The maximum atomic E-state index is 13.7. The third-order valence-electron chi connectivity index (χ3n) is 7.05. The van der Waals surface area contributed by atoms with Crippen molar-refractivity contribution in [1.82, 2.24) is 15.6 Å². The molecule has 1 heterocycles. The van der Waals surface area contributed by atoms with Gasteiger partial charge in [-0.1, -0.05) is 91.0 Å². The van der Waals surface area contributed by atoms with Gasteiger partial charge in [-0.3, -0.25) is 14.4 Å². The molecule has 244 valence electrons. The maximum absolute atomic E-state index is 13.7. The van der Waals surface area contributed by atoms with Crippen molar-refractivity contribution in [2.45, 2.75) is 43.9 Å². The molecule has 0 fully saturated rings. The molecule has 3 aromatic carbocycles. The number of anilines is 1. The molecule has 1 unspecified atom stereocenters. The van der Waals surface area contributed by atoms with Crippen molar-refractivity contribution in [1.29, 1.82) is 0 Å². The highest BCUT2D eigenvalue weighted by Gasteiger charge is 2.42. The highest BCUT2D eigenvalue weighted by atomic mass is 19.4. The molecule has 47 heavy (non-hydrogen) atoms. The monoisotopic (exact) mass is 646 g/mol. The number of esters is 2. The second-order valence-corrected chi connectivity index (χ2v) is 10.5. The zero-order chi connectivity index (χ0) is 33.6. The summed E-state index contributed by atoms with van der Waals surface area (Å²) in [6.07, 6.45) is -3.19. The first-order chi connectivity index (χ1) is 22.6. The lowest BCUT2D eigenvalue weighted by molar-refractivity contribution is -0.202. The Hall–Kier alpha value is -5.52. The first kappa shape index (κ1) is 34.4. The van der Waals surface area contributed by atoms with Gasteiger partial charge in [-0.05, 0) is 47.2 Å². The lowest BCUT2D eigenvalue weighted by Gasteiger charge is -2.24. The number of aromatic nitrogens is 1. The number of halogens is 3. The van der Waals surface area contributed by atoms with Crippen LogP contribution in [0.15, 0.2) is 109 Å². The van der Waals surface area contributed by atoms with Crippen molar-refractivity contribution in [2.24, 2.45) is 0 Å². The lowest BCUT2D eigenvalue weighted by Crippen LogP contribution is -2.42. The van der Waals surface area contributed by atoms with E-state index in [4.69, 9.17) is 0 Å². The van der Waals surface area contributed by atoms with Gasteiger partial charge in [0.2, 0.25) is 11.8 Å². The van der Waals surface area contributed by atoms with Crippen LogP contribution in [-0.2, 0) is 23.9 Å². The van der Waals surface area contributed by atoms with Gasteiger partial charge in [0.15, 0.2) is 0 Å². The van der Waals surface area contributed by atoms with E-state index in [0.29, 0.717) is 36.3 Å². The van der Waals surface area contributed by atoms with E-state index in [2.05, 4.69) is 25.7 Å². The topological polar surface area (TPSA) is 126 Å². The van der Waals surface area contributed by atoms with Gasteiger partial charge in [-0.25, -0.2) is 9.78 Å². The van der Waals surface area contributed by atoms with Crippen molar-refractivity contribution < 1.29 is 37.1 Å². The number of nitrogens with one attached hydrogen (secondary N) is 3. The summed E-state index contributed by atoms with van der Waals surface area (Å²) in [5.74, 6) is -4.53. The molecule has 0 aliphatic heterocycles. The van der Waals surface area contributed by atoms with E-state index < -0.39 is 48.4 Å². The Bertz CT molecular complexity index is 1620. The summed E-state index contributed by atoms with van der Waals surface area (Å²) in [4.78, 5) is 54.6. The van der Waals surface area contributed by atoms with Gasteiger partial charge in [0.05, 0.1) is 12.5 Å². The number of alkyl halides is 3. The maximum Gasteiger partial charge on any atom is 0.491 e. The molecule has 9 nitrogen and oxygen atoms in total. The number of nitrogens with zero attached hydrogens (tertiary/aromatic N) is 1. The van der Waals surface area contributed by atoms with Gasteiger partial charge in [0.25, 0.3) is 0 Å². The SMILES string of the molecule is O=C(CCCCNc1ccccn1)N[C@H](C(=O)NC(CC(=O)OC(=O)C(F)(F)F)c1ccc(-c2ccccc2)cc1)c1ccccc1. The van der Waals surface area contributed by atoms with Crippen molar-refractivity contribution in [3.63, 3.8) is 0 Å². The fourth-order valence-electron chi connectivity index (χ4n) is 4.69. The number of ether oxygens (including phenoxy) is 1. The van der Waals surface area contributed by atoms with Gasteiger partial charge in [-0.15, -0.1) is 0 Å². The average Bonchev–Trinajstić information content (AvgIpc) is 3.07. The fraction of sp³-hybridized carbons (Fsp3) is 0.229. The van der Waals surface area contributed by atoms with E-state index in [1.807, 2.05) is 42.5 Å². The van der Waals surface area contributed by atoms with Crippen LogP contribution in [0.4, 0.5) is 19.0 Å². The van der Waals surface area contributed by atoms with E-state index in [-0.39, 0.29) is 6.42 Å². The number of carbonyl (C=O) groups is 4. The van der Waals surface area contributed by atoms with Crippen LogP contribution in [0.3, 0.4) is 0 Å². The second-order valence-electron chi connectivity index (χ2n) is 10.5. The smallest absolute Gasteiger partial charge is 0.386 e. The predicted molar refractivity (Wildman–Crippen MR) is 168 cm³/mol. The molecular weight excluding hydrogens is 613 g/mol. The number of unbranched alkanes of at least 4 members (excludes halogenated alkanes) is 1. The number of amides is 2. The highest BCUT2D eigenvalue weighted by Crippen LogP contribution is 2.26. The minimum Gasteiger partial charge on any atom is -0.386 e. The second kappa shape index (κ2) is 16.7. The quantitative estimate of drug-likeness (QED) is 0.0863. The Labute approximate surface area is 269 Å². The highest BCUT2D eigenvalue weighted by molar-refractivity contribution is 5.91. The summed E-state index contributed by atoms with van der Waals surface area (Å²) in [7, 11) is 0. The molecule has 0 saturated heterocycles. The third kappa shape index (κ3) is 10.8. The number of carbonyl (C=O) groups excluding carboxylic acids is 4. The van der Waals surface area contributed by atoms with Gasteiger partial charge < -0.3 is 20.7 Å². The van der Waals surface area contributed by atoms with E-state index >= 15 is 0 Å². The summed E-state index contributed by atoms with van der Waals surface area (Å²) >= 11 is 0. The Morgan fingerprint density at radius 1 is 0.723 bits per heavy atom. The first-order valence-electron chi connectivity index (χ1n) is 14.9. The van der Waals surface area contributed by atoms with E-state index in [1.54, 1.807) is 66.9 Å². The molecule has 2 amide bonds. The number of benzene rings is 3. The first-order valence-corrected chi connectivity index (χ1v) is 14.9. The zero-order valence-corrected chi connectivity index (χ0v) is 25.2. The van der Waals surface area contributed by atoms with Gasteiger partial charge in [0.1, 0.15) is 11.9 Å². The summed E-state index contributed by atoms with van der Waals surface area (Å²) < 4.78 is 42.3. The van der Waals surface area contributed by atoms with Crippen LogP contribution in [0.2, 0.25) is 0 Å². The van der Waals surface area contributed by atoms with Crippen molar-refractivity contribution >= 4 is 29.6 Å². The largest absolute Gasteiger partial charge is 0.491 e. The Balaban J connectivity index is 1.47. The summed E-state index contributed by atoms with van der Waals surface area (Å²) in [6.45, 7) is 0.588. The molecule has 0 aliphatic carbocycles. The molecule has 0 saturated carbocycles. The lowest BCUT2D eigenvalue weighted by atomic mass is 9.98. The number of rotatable bonds is 14. The van der Waals surface area contributed by atoms with Gasteiger partial charge >= 0.3 is 18.1 Å². The average molecular weight is 647 g/mol. The number of hydrogen-bond acceptors (Lipinski definition) is 7. The van der Waals surface area contributed by atoms with Crippen LogP contribution >= 0.6 is 0 Å². The minimum atomic E-state index is -5.37. The van der Waals surface area contributed by atoms with Crippen LogP contribution in [0.1, 0.15) is 48.9 Å². The molecule has 1 aromatic heterocycles. The molecule has 4 aromatic rings. The van der Waals surface area contributed by atoms with E-state index in [1.165, 1.54) is 0 Å². The van der Waals surface area contributed by atoms with Crippen molar-refractivity contribution in [3.8, 4) is 11.1 Å². The van der Waals surface area contributed by atoms with Crippen LogP contribution in [0.25, 0.3) is 11.1 Å². The Morgan fingerprint density at radius 3 is 2.00 bits per heavy atom. The molecule has 2 atom stereocenters. The zero-order valence-electron chi connectivity index (χ0n) is 25.2. The molecule has 12 heteroatoms. The van der Waals surface area contributed by atoms with Gasteiger partial charge in [-0.2, -0.15) is 13.2 Å². The molecule has 0 bridgehead atoms. The van der Waals surface area contributed by atoms with E-state index in [9.17, 15) is 32.3 Å². The normalized spacial score (nSPS) is 12.3. The standard InChI is InChI=1S/C35H33F3N4O5/c36-35(37,38)34(46)47-31(44)23-28(26-19-17-25(18-20-26)24-11-3-1-4-12-24)41-33(45)32(27-13-5-2-6-14-27)42-30(43)16-8-10-22-40-29-15-7-9-21-39-29/h1-7,9,11-15,17-21,28,32H,8,10,16,22-23H2,(H,39,40)(H,41,45)(H,42,43)/t28?,32-/m0/s1. The summed E-state index contributed by atoms with van der Waals surface area (Å²) in [5, 5.41) is 8.56. The fourth-order valence-corrected chi connectivity index (χ4v) is 4.69. The van der Waals surface area contributed by atoms with Crippen molar-refractivity contribution in [3.05, 3.63) is 120 Å². The van der Waals surface area contributed by atoms with E-state index in [0.717, 1.165) is 11.1 Å². The Morgan fingerprint density at radius 2 is 1.36 bits per heavy atom.